The Labute approximate surface area is 245 Å². The van der Waals surface area contributed by atoms with Crippen molar-refractivity contribution >= 4 is 32.6 Å². The van der Waals surface area contributed by atoms with E-state index in [4.69, 9.17) is 0 Å². The van der Waals surface area contributed by atoms with Crippen LogP contribution in [0.4, 0.5) is 0 Å². The fourth-order valence-electron chi connectivity index (χ4n) is 6.34. The van der Waals surface area contributed by atoms with Crippen LogP contribution in [-0.4, -0.2) is 9.55 Å². The highest BCUT2D eigenvalue weighted by atomic mass is 15.0. The van der Waals surface area contributed by atoms with Crippen LogP contribution in [-0.2, 0) is 0 Å². The molecule has 42 heavy (non-hydrogen) atoms. The van der Waals surface area contributed by atoms with Gasteiger partial charge >= 0.3 is 0 Å². The molecule has 198 valence electrons. The second-order valence-corrected chi connectivity index (χ2v) is 10.9. The van der Waals surface area contributed by atoms with Crippen LogP contribution in [0.25, 0.3) is 71.6 Å². The van der Waals surface area contributed by atoms with Crippen molar-refractivity contribution < 1.29 is 0 Å². The summed E-state index contributed by atoms with van der Waals surface area (Å²) in [5, 5.41) is 4.99. The molecule has 8 aromatic rings. The van der Waals surface area contributed by atoms with E-state index in [-0.39, 0.29) is 0 Å². The van der Waals surface area contributed by atoms with Gasteiger partial charge in [0.05, 0.1) is 11.0 Å². The number of fused-ring (bicyclic) bond motifs is 5. The summed E-state index contributed by atoms with van der Waals surface area (Å²) in [5.74, 6) is 0. The van der Waals surface area contributed by atoms with Crippen LogP contribution in [0.5, 0.6) is 0 Å². The number of pyridine rings is 1. The van der Waals surface area contributed by atoms with E-state index in [1.54, 1.807) is 0 Å². The molecule has 0 saturated carbocycles. The van der Waals surface area contributed by atoms with Gasteiger partial charge in [-0.1, -0.05) is 103 Å². The molecule has 2 nitrogen and oxygen atoms in total. The number of aryl methyl sites for hydroxylation is 1. The first-order valence-corrected chi connectivity index (χ1v) is 14.4. The molecule has 0 aliphatic carbocycles. The maximum atomic E-state index is 4.29. The summed E-state index contributed by atoms with van der Waals surface area (Å²) < 4.78 is 2.44. The van der Waals surface area contributed by atoms with Crippen molar-refractivity contribution in [2.24, 2.45) is 0 Å². The first-order valence-electron chi connectivity index (χ1n) is 14.4. The molecule has 0 atom stereocenters. The molecule has 0 aliphatic heterocycles. The Morgan fingerprint density at radius 3 is 1.98 bits per heavy atom. The van der Waals surface area contributed by atoms with Crippen LogP contribution in [0, 0.1) is 6.92 Å². The number of rotatable bonds is 4. The van der Waals surface area contributed by atoms with Crippen LogP contribution in [0.15, 0.2) is 152 Å². The molecule has 0 radical (unpaired) electrons. The lowest BCUT2D eigenvalue weighted by Gasteiger charge is -2.12. The third-order valence-electron chi connectivity index (χ3n) is 8.39. The lowest BCUT2D eigenvalue weighted by atomic mass is 9.97. The van der Waals surface area contributed by atoms with Gasteiger partial charge in [0.15, 0.2) is 0 Å². The lowest BCUT2D eigenvalue weighted by Crippen LogP contribution is -1.94. The van der Waals surface area contributed by atoms with E-state index >= 15 is 0 Å². The summed E-state index contributed by atoms with van der Waals surface area (Å²) in [4.78, 5) is 4.29. The monoisotopic (exact) mass is 536 g/mol. The summed E-state index contributed by atoms with van der Waals surface area (Å²) in [7, 11) is 0. The summed E-state index contributed by atoms with van der Waals surface area (Å²) in [6, 6.07) is 50.6. The maximum absolute atomic E-state index is 4.29. The normalized spacial score (nSPS) is 11.5. The molecule has 0 unspecified atom stereocenters. The molecule has 8 rings (SSSR count). The Bertz CT molecular complexity index is 2240. The zero-order valence-electron chi connectivity index (χ0n) is 23.3. The second-order valence-electron chi connectivity index (χ2n) is 10.9. The molecule has 0 saturated heterocycles. The molecule has 6 aromatic carbocycles. The molecule has 0 amide bonds. The van der Waals surface area contributed by atoms with Crippen LogP contribution < -0.4 is 0 Å². The van der Waals surface area contributed by atoms with Gasteiger partial charge in [-0.3, -0.25) is 4.98 Å². The van der Waals surface area contributed by atoms with E-state index < -0.39 is 0 Å². The second kappa shape index (κ2) is 9.87. The smallest absolute Gasteiger partial charge is 0.0619 e. The Balaban J connectivity index is 1.37. The van der Waals surface area contributed by atoms with Crippen molar-refractivity contribution in [3.8, 4) is 39.1 Å². The highest BCUT2D eigenvalue weighted by Crippen LogP contribution is 2.39. The van der Waals surface area contributed by atoms with Crippen LogP contribution in [0.3, 0.4) is 0 Å². The van der Waals surface area contributed by atoms with E-state index in [2.05, 4.69) is 156 Å². The molecule has 2 heteroatoms. The zero-order valence-corrected chi connectivity index (χ0v) is 23.3. The Morgan fingerprint density at radius 1 is 0.500 bits per heavy atom. The van der Waals surface area contributed by atoms with Gasteiger partial charge in [0.1, 0.15) is 0 Å². The Morgan fingerprint density at radius 2 is 1.17 bits per heavy atom. The molecule has 2 heterocycles. The average molecular weight is 537 g/mol. The molecule has 2 aromatic heterocycles. The van der Waals surface area contributed by atoms with Crippen LogP contribution in [0.2, 0.25) is 0 Å². The zero-order chi connectivity index (χ0) is 28.0. The van der Waals surface area contributed by atoms with Crippen molar-refractivity contribution in [3.63, 3.8) is 0 Å². The van der Waals surface area contributed by atoms with Gasteiger partial charge in [-0.05, 0) is 87.7 Å². The van der Waals surface area contributed by atoms with Gasteiger partial charge in [0, 0.05) is 34.2 Å². The van der Waals surface area contributed by atoms with Gasteiger partial charge in [-0.15, -0.1) is 0 Å². The van der Waals surface area contributed by atoms with Gasteiger partial charge in [0.2, 0.25) is 0 Å². The number of benzene rings is 6. The van der Waals surface area contributed by atoms with Crippen molar-refractivity contribution in [2.45, 2.75) is 6.92 Å². The first-order chi connectivity index (χ1) is 20.7. The van der Waals surface area contributed by atoms with Gasteiger partial charge in [-0.25, -0.2) is 0 Å². The maximum Gasteiger partial charge on any atom is 0.0619 e. The van der Waals surface area contributed by atoms with Gasteiger partial charge in [-0.2, -0.15) is 0 Å². The minimum Gasteiger partial charge on any atom is -0.309 e. The number of nitrogens with zero attached hydrogens (tertiary/aromatic N) is 2. The molecule has 0 N–H and O–H groups in total. The van der Waals surface area contributed by atoms with Gasteiger partial charge < -0.3 is 4.57 Å². The largest absolute Gasteiger partial charge is 0.309 e. The Kier molecular flexibility index (Phi) is 5.72. The molecular weight excluding hydrogens is 508 g/mol. The first kappa shape index (κ1) is 24.3. The minimum atomic E-state index is 1.16. The number of hydrogen-bond acceptors (Lipinski definition) is 1. The molecule has 0 spiro atoms. The third kappa shape index (κ3) is 4.00. The Hall–Kier alpha value is -5.47. The van der Waals surface area contributed by atoms with Crippen LogP contribution >= 0.6 is 0 Å². The number of hydrogen-bond donors (Lipinski definition) is 0. The van der Waals surface area contributed by atoms with E-state index in [1.165, 1.54) is 71.5 Å². The number of aromatic nitrogens is 2. The number of para-hydroxylation sites is 1. The molecule has 0 fully saturated rings. The summed E-state index contributed by atoms with van der Waals surface area (Å²) in [5.41, 5.74) is 12.1. The highest BCUT2D eigenvalue weighted by molar-refractivity contribution is 6.19. The summed E-state index contributed by atoms with van der Waals surface area (Å²) >= 11 is 0. The SMILES string of the molecule is Cc1cnccc1-c1ccc2c(ccc3c4ccc(-c5cccc(-c6ccccc6)c5)cc4n(-c4ccccc4)c23)c1. The van der Waals surface area contributed by atoms with E-state index in [0.29, 0.717) is 0 Å². The molecule has 0 aliphatic rings. The van der Waals surface area contributed by atoms with E-state index in [0.717, 1.165) is 5.69 Å². The van der Waals surface area contributed by atoms with Crippen molar-refractivity contribution in [1.82, 2.24) is 9.55 Å². The lowest BCUT2D eigenvalue weighted by molar-refractivity contribution is 1.19. The van der Waals surface area contributed by atoms with Gasteiger partial charge in [0.25, 0.3) is 0 Å². The predicted octanol–water partition coefficient (Wildman–Crippen LogP) is 10.6. The third-order valence-corrected chi connectivity index (χ3v) is 8.39. The molecule has 0 bridgehead atoms. The van der Waals surface area contributed by atoms with Crippen molar-refractivity contribution in [2.75, 3.05) is 0 Å². The van der Waals surface area contributed by atoms with Crippen molar-refractivity contribution in [1.29, 1.82) is 0 Å². The topological polar surface area (TPSA) is 17.8 Å². The summed E-state index contributed by atoms with van der Waals surface area (Å²) in [6.45, 7) is 2.12. The minimum absolute atomic E-state index is 1.16. The van der Waals surface area contributed by atoms with E-state index in [9.17, 15) is 0 Å². The average Bonchev–Trinajstić information content (AvgIpc) is 3.40. The quantitative estimate of drug-likeness (QED) is 0.219. The van der Waals surface area contributed by atoms with E-state index in [1.807, 2.05) is 12.4 Å². The van der Waals surface area contributed by atoms with Crippen molar-refractivity contribution in [3.05, 3.63) is 157 Å². The molecular formula is C40H28N2. The highest BCUT2D eigenvalue weighted by Gasteiger charge is 2.17. The van der Waals surface area contributed by atoms with Crippen LogP contribution in [0.1, 0.15) is 5.56 Å². The predicted molar refractivity (Wildman–Crippen MR) is 177 cm³/mol. The summed E-state index contributed by atoms with van der Waals surface area (Å²) in [6.07, 6.45) is 3.80. The standard InChI is InChI=1S/C40H28N2/c1-27-26-41-22-21-35(27)32-16-18-36-33(24-32)17-20-38-37-19-15-31(25-39(37)42(40(36)38)34-13-6-3-7-14-34)30-12-8-11-29(23-30)28-9-4-2-5-10-28/h2-26H,1H3. The fraction of sp³-hybridized carbons (Fsp3) is 0.0250. The fourth-order valence-corrected chi connectivity index (χ4v) is 6.34.